The van der Waals surface area contributed by atoms with Crippen LogP contribution in [0, 0.1) is 6.92 Å². The van der Waals surface area contributed by atoms with Crippen LogP contribution in [0.2, 0.25) is 0 Å². The van der Waals surface area contributed by atoms with Crippen LogP contribution in [0.3, 0.4) is 0 Å². The molecule has 1 aliphatic rings. The maximum atomic E-state index is 12.6. The van der Waals surface area contributed by atoms with Crippen molar-refractivity contribution in [2.75, 3.05) is 22.5 Å². The van der Waals surface area contributed by atoms with Gasteiger partial charge in [0.05, 0.1) is 17.8 Å². The van der Waals surface area contributed by atoms with Crippen molar-refractivity contribution in [2.24, 2.45) is 0 Å². The minimum atomic E-state index is -3.71. The summed E-state index contributed by atoms with van der Waals surface area (Å²) in [5, 5.41) is -0.151. The van der Waals surface area contributed by atoms with Gasteiger partial charge in [-0.15, -0.1) is 11.8 Å². The molecule has 0 bridgehead atoms. The maximum Gasteiger partial charge on any atom is 0.261 e. The van der Waals surface area contributed by atoms with E-state index in [0.717, 1.165) is 16.8 Å². The number of hydrogen-bond donors (Lipinski definition) is 1. The Morgan fingerprint density at radius 2 is 1.74 bits per heavy atom. The number of anilines is 2. The van der Waals surface area contributed by atoms with Crippen molar-refractivity contribution in [3.05, 3.63) is 83.9 Å². The quantitative estimate of drug-likeness (QED) is 0.590. The van der Waals surface area contributed by atoms with Gasteiger partial charge in [0.15, 0.2) is 0 Å². The van der Waals surface area contributed by atoms with Gasteiger partial charge in [-0.25, -0.2) is 8.42 Å². The second-order valence-electron chi connectivity index (χ2n) is 7.17. The average molecular weight is 455 g/mol. The number of ether oxygens (including phenoxy) is 1. The van der Waals surface area contributed by atoms with Crippen molar-refractivity contribution in [2.45, 2.75) is 17.2 Å². The van der Waals surface area contributed by atoms with Gasteiger partial charge in [0.25, 0.3) is 10.0 Å². The predicted molar refractivity (Wildman–Crippen MR) is 124 cm³/mol. The zero-order valence-electron chi connectivity index (χ0n) is 17.1. The van der Waals surface area contributed by atoms with Gasteiger partial charge in [-0.05, 0) is 66.6 Å². The van der Waals surface area contributed by atoms with E-state index in [-0.39, 0.29) is 16.2 Å². The molecule has 0 radical (unpaired) electrons. The number of aryl methyl sites for hydroxylation is 1. The molecular formula is C23H22N2O4S2. The molecule has 6 nitrogen and oxygen atoms in total. The number of thioether (sulfide) groups is 1. The molecule has 1 saturated heterocycles. The lowest BCUT2D eigenvalue weighted by Crippen LogP contribution is -2.27. The van der Waals surface area contributed by atoms with E-state index in [0.29, 0.717) is 17.2 Å². The van der Waals surface area contributed by atoms with Crippen LogP contribution in [0.15, 0.2) is 77.7 Å². The minimum absolute atomic E-state index is 0.0601. The SMILES string of the molecule is COc1ccc(S(=O)(=O)Nc2ccc([C@H]3SCC(=O)N3c3cccc(C)c3)cc2)cc1. The first-order chi connectivity index (χ1) is 14.9. The third-order valence-electron chi connectivity index (χ3n) is 4.97. The van der Waals surface area contributed by atoms with Crippen LogP contribution in [0.4, 0.5) is 11.4 Å². The first-order valence-corrected chi connectivity index (χ1v) is 12.2. The number of hydrogen-bond acceptors (Lipinski definition) is 5. The van der Waals surface area contributed by atoms with Crippen LogP contribution < -0.4 is 14.4 Å². The number of nitrogens with one attached hydrogen (secondary N) is 1. The summed E-state index contributed by atoms with van der Waals surface area (Å²) >= 11 is 1.56. The molecule has 1 fully saturated rings. The second kappa shape index (κ2) is 8.64. The number of amides is 1. The Morgan fingerprint density at radius 3 is 2.39 bits per heavy atom. The second-order valence-corrected chi connectivity index (χ2v) is 9.92. The smallest absolute Gasteiger partial charge is 0.261 e. The van der Waals surface area contributed by atoms with E-state index in [2.05, 4.69) is 4.72 Å². The van der Waals surface area contributed by atoms with E-state index in [1.54, 1.807) is 40.9 Å². The molecular weight excluding hydrogens is 432 g/mol. The number of rotatable bonds is 6. The van der Waals surface area contributed by atoms with Crippen LogP contribution in [-0.4, -0.2) is 27.2 Å². The summed E-state index contributed by atoms with van der Waals surface area (Å²) < 4.78 is 33.0. The molecule has 1 heterocycles. The van der Waals surface area contributed by atoms with Gasteiger partial charge in [0.2, 0.25) is 5.91 Å². The highest BCUT2D eigenvalue weighted by molar-refractivity contribution is 8.00. The van der Waals surface area contributed by atoms with Crippen molar-refractivity contribution >= 4 is 39.1 Å². The summed E-state index contributed by atoms with van der Waals surface area (Å²) in [6, 6.07) is 21.2. The zero-order valence-corrected chi connectivity index (χ0v) is 18.7. The van der Waals surface area contributed by atoms with E-state index in [1.807, 2.05) is 43.3 Å². The highest BCUT2D eigenvalue weighted by atomic mass is 32.2. The van der Waals surface area contributed by atoms with Gasteiger partial charge < -0.3 is 4.74 Å². The molecule has 4 rings (SSSR count). The maximum absolute atomic E-state index is 12.6. The summed E-state index contributed by atoms with van der Waals surface area (Å²) in [5.41, 5.74) is 3.34. The highest BCUT2D eigenvalue weighted by Crippen LogP contribution is 2.42. The number of carbonyl (C=O) groups excluding carboxylic acids is 1. The average Bonchev–Trinajstić information content (AvgIpc) is 3.15. The minimum Gasteiger partial charge on any atom is -0.497 e. The number of carbonyl (C=O) groups is 1. The van der Waals surface area contributed by atoms with Gasteiger partial charge in [0.1, 0.15) is 11.1 Å². The van der Waals surface area contributed by atoms with Gasteiger partial charge in [-0.1, -0.05) is 24.3 Å². The Hall–Kier alpha value is -2.97. The van der Waals surface area contributed by atoms with Gasteiger partial charge >= 0.3 is 0 Å². The van der Waals surface area contributed by atoms with Crippen LogP contribution in [0.25, 0.3) is 0 Å². The molecule has 0 spiro atoms. The lowest BCUT2D eigenvalue weighted by atomic mass is 10.1. The Balaban J connectivity index is 1.54. The molecule has 160 valence electrons. The van der Waals surface area contributed by atoms with E-state index in [4.69, 9.17) is 4.74 Å². The first kappa shape index (κ1) is 21.3. The van der Waals surface area contributed by atoms with Gasteiger partial charge in [0, 0.05) is 11.4 Å². The van der Waals surface area contributed by atoms with Crippen molar-refractivity contribution in [1.82, 2.24) is 0 Å². The summed E-state index contributed by atoms with van der Waals surface area (Å²) in [4.78, 5) is 14.5. The Bertz CT molecular complexity index is 1190. The third kappa shape index (κ3) is 4.55. The summed E-state index contributed by atoms with van der Waals surface area (Å²) in [7, 11) is -2.19. The standard InChI is InChI=1S/C23H22N2O4S2/c1-16-4-3-5-19(14-16)25-22(26)15-30-23(25)17-6-8-18(9-7-17)24-31(27,28)21-12-10-20(29-2)11-13-21/h3-14,23-24H,15H2,1-2H3/t23-/m1/s1. The Labute approximate surface area is 186 Å². The lowest BCUT2D eigenvalue weighted by molar-refractivity contribution is -0.115. The molecule has 0 unspecified atom stereocenters. The van der Waals surface area contributed by atoms with Crippen molar-refractivity contribution < 1.29 is 17.9 Å². The molecule has 1 amide bonds. The number of methoxy groups -OCH3 is 1. The largest absolute Gasteiger partial charge is 0.497 e. The summed E-state index contributed by atoms with van der Waals surface area (Å²) in [5.74, 6) is 1.06. The fourth-order valence-corrected chi connectivity index (χ4v) is 5.65. The van der Waals surface area contributed by atoms with E-state index in [9.17, 15) is 13.2 Å². The fraction of sp³-hybridized carbons (Fsp3) is 0.174. The molecule has 0 aliphatic carbocycles. The summed E-state index contributed by atoms with van der Waals surface area (Å²) in [6.45, 7) is 2.00. The van der Waals surface area contributed by atoms with Gasteiger partial charge in [-0.3, -0.25) is 14.4 Å². The molecule has 31 heavy (non-hydrogen) atoms. The van der Waals surface area contributed by atoms with Crippen LogP contribution in [0.5, 0.6) is 5.75 Å². The normalized spacial score (nSPS) is 16.4. The van der Waals surface area contributed by atoms with E-state index < -0.39 is 10.0 Å². The first-order valence-electron chi connectivity index (χ1n) is 9.64. The number of nitrogens with zero attached hydrogens (tertiary/aromatic N) is 1. The van der Waals surface area contributed by atoms with Crippen LogP contribution in [-0.2, 0) is 14.8 Å². The lowest BCUT2D eigenvalue weighted by Gasteiger charge is -2.25. The molecule has 8 heteroatoms. The number of benzene rings is 3. The topological polar surface area (TPSA) is 75.7 Å². The third-order valence-corrected chi connectivity index (χ3v) is 7.58. The molecule has 1 N–H and O–H groups in total. The molecule has 1 atom stereocenters. The van der Waals surface area contributed by atoms with E-state index in [1.165, 1.54) is 19.2 Å². The zero-order chi connectivity index (χ0) is 22.0. The van der Waals surface area contributed by atoms with E-state index >= 15 is 0 Å². The van der Waals surface area contributed by atoms with Crippen LogP contribution >= 0.6 is 11.8 Å². The Morgan fingerprint density at radius 1 is 1.03 bits per heavy atom. The van der Waals surface area contributed by atoms with Crippen molar-refractivity contribution in [3.8, 4) is 5.75 Å². The predicted octanol–water partition coefficient (Wildman–Crippen LogP) is 4.58. The van der Waals surface area contributed by atoms with Crippen LogP contribution in [0.1, 0.15) is 16.5 Å². The molecule has 0 aromatic heterocycles. The van der Waals surface area contributed by atoms with Crippen molar-refractivity contribution in [1.29, 1.82) is 0 Å². The molecule has 3 aromatic carbocycles. The monoisotopic (exact) mass is 454 g/mol. The Kier molecular flexibility index (Phi) is 5.93. The highest BCUT2D eigenvalue weighted by Gasteiger charge is 2.34. The van der Waals surface area contributed by atoms with Gasteiger partial charge in [-0.2, -0.15) is 0 Å². The molecule has 3 aromatic rings. The molecule has 0 saturated carbocycles. The number of sulfonamides is 1. The molecule has 1 aliphatic heterocycles. The fourth-order valence-electron chi connectivity index (χ4n) is 3.41. The van der Waals surface area contributed by atoms with Crippen molar-refractivity contribution in [3.63, 3.8) is 0 Å². The summed E-state index contributed by atoms with van der Waals surface area (Å²) in [6.07, 6.45) is 0.